The number of aliphatic hydroxyl groups is 1. The molecular weight excluding hydrogens is 504 g/mol. The van der Waals surface area contributed by atoms with Gasteiger partial charge in [-0.2, -0.15) is 0 Å². The Kier molecular flexibility index (Phi) is 7.55. The lowest BCUT2D eigenvalue weighted by molar-refractivity contribution is -0.119. The average molecular weight is 543 g/mol. The summed E-state index contributed by atoms with van der Waals surface area (Å²) < 4.78 is 6.15. The maximum absolute atomic E-state index is 13.4. The van der Waals surface area contributed by atoms with Gasteiger partial charge in [0, 0.05) is 37.7 Å². The zero-order valence-electron chi connectivity index (χ0n) is 23.4. The first-order valence-corrected chi connectivity index (χ1v) is 14.0. The number of benzene rings is 2. The van der Waals surface area contributed by atoms with Crippen molar-refractivity contribution in [2.45, 2.75) is 69.7 Å². The number of nitrogens with zero attached hydrogens (tertiary/aromatic N) is 3. The van der Waals surface area contributed by atoms with E-state index in [9.17, 15) is 14.7 Å². The summed E-state index contributed by atoms with van der Waals surface area (Å²) in [6.45, 7) is 6.78. The smallest absolute Gasteiger partial charge is 0.411 e. The molecule has 3 heterocycles. The van der Waals surface area contributed by atoms with Crippen molar-refractivity contribution in [3.8, 4) is 11.1 Å². The molecule has 5 rings (SSSR count). The number of carbonyl (C=O) groups excluding carboxylic acids is 2. The first-order chi connectivity index (χ1) is 19.1. The van der Waals surface area contributed by atoms with Crippen LogP contribution >= 0.6 is 0 Å². The molecule has 2 aliphatic heterocycles. The molecule has 2 saturated heterocycles. The summed E-state index contributed by atoms with van der Waals surface area (Å²) in [4.78, 5) is 33.4. The van der Waals surface area contributed by atoms with Crippen LogP contribution in [0.3, 0.4) is 0 Å². The molecule has 2 aliphatic rings. The molecule has 40 heavy (non-hydrogen) atoms. The van der Waals surface area contributed by atoms with Crippen molar-refractivity contribution in [3.05, 3.63) is 84.1 Å². The number of rotatable bonds is 8. The van der Waals surface area contributed by atoms with E-state index >= 15 is 0 Å². The van der Waals surface area contributed by atoms with Gasteiger partial charge in [0.2, 0.25) is 5.91 Å². The minimum Gasteiger partial charge on any atom is -0.438 e. The van der Waals surface area contributed by atoms with Gasteiger partial charge in [0.25, 0.3) is 0 Å². The van der Waals surface area contributed by atoms with Crippen molar-refractivity contribution in [2.24, 2.45) is 5.73 Å². The Morgan fingerprint density at radius 3 is 2.40 bits per heavy atom. The first-order valence-electron chi connectivity index (χ1n) is 14.0. The van der Waals surface area contributed by atoms with E-state index in [2.05, 4.69) is 4.98 Å². The lowest BCUT2D eigenvalue weighted by Crippen LogP contribution is -2.51. The molecule has 0 spiro atoms. The minimum absolute atomic E-state index is 0.182. The molecule has 0 radical (unpaired) electrons. The summed E-state index contributed by atoms with van der Waals surface area (Å²) in [6.07, 6.45) is 4.02. The van der Waals surface area contributed by atoms with Gasteiger partial charge < -0.3 is 25.4 Å². The first kappa shape index (κ1) is 27.6. The molecule has 0 aliphatic carbocycles. The Morgan fingerprint density at radius 2 is 1.80 bits per heavy atom. The lowest BCUT2D eigenvalue weighted by atomic mass is 9.80. The highest BCUT2D eigenvalue weighted by Crippen LogP contribution is 2.42. The van der Waals surface area contributed by atoms with Crippen molar-refractivity contribution >= 4 is 17.8 Å². The molecule has 2 fully saturated rings. The van der Waals surface area contributed by atoms with Crippen molar-refractivity contribution in [2.75, 3.05) is 18.0 Å². The number of hydrogen-bond acceptors (Lipinski definition) is 6. The van der Waals surface area contributed by atoms with Gasteiger partial charge in [-0.05, 0) is 62.4 Å². The SMILES string of the molecule is C[C@@H](c1ccc(-c2ccc(N3CCC[C@@H]3C(N)=O)nc2)cc1)N1CC[C@](CC(C)(C)O)(c2ccccc2)OC1=O. The van der Waals surface area contributed by atoms with Gasteiger partial charge in [-0.1, -0.05) is 54.6 Å². The number of cyclic esters (lactones) is 1. The van der Waals surface area contributed by atoms with Gasteiger partial charge in [0.15, 0.2) is 0 Å². The summed E-state index contributed by atoms with van der Waals surface area (Å²) in [5, 5.41) is 10.6. The maximum Gasteiger partial charge on any atom is 0.411 e. The predicted molar refractivity (Wildman–Crippen MR) is 154 cm³/mol. The monoisotopic (exact) mass is 542 g/mol. The molecule has 2 aromatic carbocycles. The van der Waals surface area contributed by atoms with Crippen LogP contribution in [-0.4, -0.2) is 51.7 Å². The van der Waals surface area contributed by atoms with Gasteiger partial charge in [0.1, 0.15) is 17.5 Å². The van der Waals surface area contributed by atoms with E-state index in [1.54, 1.807) is 18.7 Å². The summed E-state index contributed by atoms with van der Waals surface area (Å²) in [7, 11) is 0. The molecule has 8 heteroatoms. The van der Waals surface area contributed by atoms with Crippen molar-refractivity contribution < 1.29 is 19.4 Å². The van der Waals surface area contributed by atoms with Crippen molar-refractivity contribution in [1.29, 1.82) is 0 Å². The molecule has 2 amide bonds. The molecular formula is C32H38N4O4. The van der Waals surface area contributed by atoms with Crippen LogP contribution in [0.15, 0.2) is 72.9 Å². The highest BCUT2D eigenvalue weighted by molar-refractivity contribution is 5.84. The Balaban J connectivity index is 1.28. The second kappa shape index (κ2) is 10.9. The number of primary amides is 1. The van der Waals surface area contributed by atoms with Gasteiger partial charge in [-0.15, -0.1) is 0 Å². The lowest BCUT2D eigenvalue weighted by Gasteiger charge is -2.45. The molecule has 8 nitrogen and oxygen atoms in total. The fourth-order valence-electron chi connectivity index (χ4n) is 6.09. The van der Waals surface area contributed by atoms with Gasteiger partial charge in [-0.25, -0.2) is 9.78 Å². The molecule has 3 atom stereocenters. The van der Waals surface area contributed by atoms with Gasteiger partial charge in [-0.3, -0.25) is 4.79 Å². The van der Waals surface area contributed by atoms with Crippen molar-refractivity contribution in [1.82, 2.24) is 9.88 Å². The number of aromatic nitrogens is 1. The molecule has 3 N–H and O–H groups in total. The molecule has 0 unspecified atom stereocenters. The van der Waals surface area contributed by atoms with Crippen LogP contribution in [0, 0.1) is 0 Å². The molecule has 0 saturated carbocycles. The van der Waals surface area contributed by atoms with Crippen LogP contribution < -0.4 is 10.6 Å². The van der Waals surface area contributed by atoms with E-state index in [1.807, 2.05) is 84.8 Å². The van der Waals surface area contributed by atoms with E-state index in [0.717, 1.165) is 47.5 Å². The zero-order valence-corrected chi connectivity index (χ0v) is 23.4. The van der Waals surface area contributed by atoms with Gasteiger partial charge in [0.05, 0.1) is 11.6 Å². The Labute approximate surface area is 235 Å². The summed E-state index contributed by atoms with van der Waals surface area (Å²) in [5.74, 6) is 0.448. The van der Waals surface area contributed by atoms with Crippen LogP contribution in [-0.2, 0) is 15.1 Å². The quantitative estimate of drug-likeness (QED) is 0.407. The largest absolute Gasteiger partial charge is 0.438 e. The molecule has 1 aromatic heterocycles. The number of carbonyl (C=O) groups is 2. The van der Waals surface area contributed by atoms with Crippen LogP contribution in [0.4, 0.5) is 10.6 Å². The second-order valence-corrected chi connectivity index (χ2v) is 11.6. The number of amides is 2. The number of nitrogens with two attached hydrogens (primary N) is 1. The van der Waals surface area contributed by atoms with E-state index < -0.39 is 11.2 Å². The standard InChI is InChI=1S/C32H38N4O4/c1-22(35-19-17-32(40-30(35)38,21-31(2,3)39)26-8-5-4-6-9-26)23-11-13-24(14-12-23)25-15-16-28(34-20-25)36-18-7-10-27(36)29(33)37/h4-6,8-9,11-16,20,22,27,39H,7,10,17-19,21H2,1-3H3,(H2,33,37)/t22-,27+,32-/m0/s1. The highest BCUT2D eigenvalue weighted by atomic mass is 16.6. The topological polar surface area (TPSA) is 109 Å². The second-order valence-electron chi connectivity index (χ2n) is 11.6. The van der Waals surface area contributed by atoms with Crippen LogP contribution in [0.5, 0.6) is 0 Å². The summed E-state index contributed by atoms with van der Waals surface area (Å²) in [5.41, 5.74) is 7.57. The molecule has 3 aromatic rings. The highest BCUT2D eigenvalue weighted by Gasteiger charge is 2.46. The van der Waals surface area contributed by atoms with Crippen LogP contribution in [0.2, 0.25) is 0 Å². The number of ether oxygens (including phenoxy) is 1. The maximum atomic E-state index is 13.4. The number of hydrogen-bond donors (Lipinski definition) is 2. The average Bonchev–Trinajstić information content (AvgIpc) is 3.43. The third-order valence-electron chi connectivity index (χ3n) is 8.11. The minimum atomic E-state index is -0.995. The van der Waals surface area contributed by atoms with E-state index in [1.165, 1.54) is 0 Å². The third kappa shape index (κ3) is 5.68. The van der Waals surface area contributed by atoms with Gasteiger partial charge >= 0.3 is 6.09 Å². The van der Waals surface area contributed by atoms with E-state index in [0.29, 0.717) is 19.4 Å². The van der Waals surface area contributed by atoms with Crippen LogP contribution in [0.1, 0.15) is 63.6 Å². The predicted octanol–water partition coefficient (Wildman–Crippen LogP) is 5.16. The van der Waals surface area contributed by atoms with Crippen LogP contribution in [0.25, 0.3) is 11.1 Å². The Bertz CT molecular complexity index is 1340. The summed E-state index contributed by atoms with van der Waals surface area (Å²) >= 11 is 0. The fraction of sp³-hybridized carbons (Fsp3) is 0.406. The Hall–Kier alpha value is -3.91. The van der Waals surface area contributed by atoms with E-state index in [4.69, 9.17) is 10.5 Å². The third-order valence-corrected chi connectivity index (χ3v) is 8.11. The summed E-state index contributed by atoms with van der Waals surface area (Å²) in [6, 6.07) is 21.3. The normalized spacial score (nSPS) is 22.2. The number of pyridine rings is 1. The fourth-order valence-corrected chi connectivity index (χ4v) is 6.09. The Morgan fingerprint density at radius 1 is 1.10 bits per heavy atom. The molecule has 210 valence electrons. The zero-order chi connectivity index (χ0) is 28.5. The van der Waals surface area contributed by atoms with E-state index in [-0.39, 0.29) is 24.1 Å². The molecule has 0 bridgehead atoms. The number of anilines is 1. The van der Waals surface area contributed by atoms with Crippen molar-refractivity contribution in [3.63, 3.8) is 0 Å².